The minimum absolute atomic E-state index is 0.235. The number of hydrogen-bond acceptors (Lipinski definition) is 4. The highest BCUT2D eigenvalue weighted by atomic mass is 16.2. The fourth-order valence-electron chi connectivity index (χ4n) is 2.11. The van der Waals surface area contributed by atoms with E-state index in [2.05, 4.69) is 0 Å². The van der Waals surface area contributed by atoms with Gasteiger partial charge in [-0.2, -0.15) is 0 Å². The molecule has 2 rings (SSSR count). The lowest BCUT2D eigenvalue weighted by Gasteiger charge is -2.15. The van der Waals surface area contributed by atoms with Crippen molar-refractivity contribution in [1.82, 2.24) is 9.80 Å². The highest BCUT2D eigenvalue weighted by Crippen LogP contribution is 2.27. The number of nitrogens with two attached hydrogens (primary N) is 1. The van der Waals surface area contributed by atoms with Gasteiger partial charge in [-0.3, -0.25) is 14.5 Å². The Hall–Kier alpha value is -1.88. The molecule has 0 atom stereocenters. The largest absolute Gasteiger partial charge is 0.398 e. The molecule has 0 bridgehead atoms. The number of fused-ring (bicyclic) bond motifs is 1. The molecule has 1 aromatic rings. The molecule has 96 valence electrons. The van der Waals surface area contributed by atoms with E-state index in [4.69, 9.17) is 5.73 Å². The van der Waals surface area contributed by atoms with Gasteiger partial charge in [0.1, 0.15) is 0 Å². The number of amides is 2. The van der Waals surface area contributed by atoms with Gasteiger partial charge in [0.05, 0.1) is 11.1 Å². The zero-order valence-electron chi connectivity index (χ0n) is 10.6. The molecule has 1 aliphatic rings. The topological polar surface area (TPSA) is 66.6 Å². The number of nitrogens with zero attached hydrogens (tertiary/aromatic N) is 2. The van der Waals surface area contributed by atoms with Gasteiger partial charge in [-0.1, -0.05) is 6.07 Å². The maximum absolute atomic E-state index is 12.1. The van der Waals surface area contributed by atoms with E-state index in [0.717, 1.165) is 13.0 Å². The van der Waals surface area contributed by atoms with Gasteiger partial charge in [0.15, 0.2) is 0 Å². The standard InChI is InChI=1S/C13H17N3O2/c1-15(2)7-4-8-16-12(17)9-5-3-6-10(14)11(9)13(16)18/h3,5-6H,4,7-8,14H2,1-2H3. The molecule has 5 heteroatoms. The highest BCUT2D eigenvalue weighted by Gasteiger charge is 2.36. The Kier molecular flexibility index (Phi) is 3.34. The molecule has 0 saturated heterocycles. The molecule has 5 nitrogen and oxygen atoms in total. The number of anilines is 1. The molecule has 0 aliphatic carbocycles. The molecule has 18 heavy (non-hydrogen) atoms. The first-order valence-electron chi connectivity index (χ1n) is 5.92. The van der Waals surface area contributed by atoms with Crippen molar-refractivity contribution in [2.24, 2.45) is 0 Å². The molecule has 2 N–H and O–H groups in total. The Balaban J connectivity index is 2.16. The average Bonchev–Trinajstić information content (AvgIpc) is 2.55. The molecular weight excluding hydrogens is 230 g/mol. The van der Waals surface area contributed by atoms with Crippen LogP contribution in [0.4, 0.5) is 5.69 Å². The average molecular weight is 247 g/mol. The summed E-state index contributed by atoms with van der Waals surface area (Å²) in [7, 11) is 3.92. The van der Waals surface area contributed by atoms with E-state index in [1.807, 2.05) is 19.0 Å². The molecule has 0 unspecified atom stereocenters. The minimum atomic E-state index is -0.271. The summed E-state index contributed by atoms with van der Waals surface area (Å²) in [5, 5.41) is 0. The van der Waals surface area contributed by atoms with Crippen LogP contribution in [0.1, 0.15) is 27.1 Å². The number of rotatable bonds is 4. The second-order valence-electron chi connectivity index (χ2n) is 4.69. The van der Waals surface area contributed by atoms with Crippen LogP contribution in [-0.2, 0) is 0 Å². The van der Waals surface area contributed by atoms with Crippen molar-refractivity contribution in [3.8, 4) is 0 Å². The van der Waals surface area contributed by atoms with Gasteiger partial charge in [0.25, 0.3) is 11.8 Å². The van der Waals surface area contributed by atoms with E-state index < -0.39 is 0 Å². The Morgan fingerprint density at radius 1 is 1.22 bits per heavy atom. The molecule has 0 spiro atoms. The quantitative estimate of drug-likeness (QED) is 0.632. The zero-order chi connectivity index (χ0) is 13.3. The molecular formula is C13H17N3O2. The number of nitrogen functional groups attached to an aromatic ring is 1. The number of carbonyl (C=O) groups is 2. The van der Waals surface area contributed by atoms with Crippen molar-refractivity contribution in [3.63, 3.8) is 0 Å². The second kappa shape index (κ2) is 4.78. The number of hydrogen-bond donors (Lipinski definition) is 1. The van der Waals surface area contributed by atoms with Crippen molar-refractivity contribution in [1.29, 1.82) is 0 Å². The molecule has 0 fully saturated rings. The van der Waals surface area contributed by atoms with E-state index in [1.165, 1.54) is 4.90 Å². The molecule has 1 aromatic carbocycles. The molecule has 0 radical (unpaired) electrons. The van der Waals surface area contributed by atoms with Crippen molar-refractivity contribution < 1.29 is 9.59 Å². The van der Waals surface area contributed by atoms with Gasteiger partial charge >= 0.3 is 0 Å². The third-order valence-electron chi connectivity index (χ3n) is 3.02. The summed E-state index contributed by atoms with van der Waals surface area (Å²) in [5.41, 5.74) is 6.91. The monoisotopic (exact) mass is 247 g/mol. The van der Waals surface area contributed by atoms with Crippen molar-refractivity contribution >= 4 is 17.5 Å². The van der Waals surface area contributed by atoms with E-state index >= 15 is 0 Å². The van der Waals surface area contributed by atoms with Crippen molar-refractivity contribution in [2.45, 2.75) is 6.42 Å². The summed E-state index contributed by atoms with van der Waals surface area (Å²) < 4.78 is 0. The minimum Gasteiger partial charge on any atom is -0.398 e. The van der Waals surface area contributed by atoms with Crippen LogP contribution in [0.5, 0.6) is 0 Å². The van der Waals surface area contributed by atoms with Crippen LogP contribution in [0.2, 0.25) is 0 Å². The highest BCUT2D eigenvalue weighted by molar-refractivity contribution is 6.23. The lowest BCUT2D eigenvalue weighted by Crippen LogP contribution is -2.32. The van der Waals surface area contributed by atoms with E-state index in [9.17, 15) is 9.59 Å². The number of benzene rings is 1. The van der Waals surface area contributed by atoms with Crippen molar-refractivity contribution in [3.05, 3.63) is 29.3 Å². The van der Waals surface area contributed by atoms with Gasteiger partial charge in [0, 0.05) is 12.2 Å². The summed E-state index contributed by atoms with van der Waals surface area (Å²) in [4.78, 5) is 27.5. The number of carbonyl (C=O) groups excluding carboxylic acids is 2. The van der Waals surface area contributed by atoms with E-state index in [0.29, 0.717) is 23.4 Å². The van der Waals surface area contributed by atoms with E-state index in [1.54, 1.807) is 18.2 Å². The van der Waals surface area contributed by atoms with Crippen LogP contribution >= 0.6 is 0 Å². The fourth-order valence-corrected chi connectivity index (χ4v) is 2.11. The lowest BCUT2D eigenvalue weighted by molar-refractivity contribution is 0.0650. The normalized spacial score (nSPS) is 14.5. The summed E-state index contributed by atoms with van der Waals surface area (Å²) in [6, 6.07) is 4.99. The lowest BCUT2D eigenvalue weighted by atomic mass is 10.1. The Bertz CT molecular complexity index is 497. The Morgan fingerprint density at radius 3 is 2.56 bits per heavy atom. The first-order valence-corrected chi connectivity index (χ1v) is 5.92. The summed E-state index contributed by atoms with van der Waals surface area (Å²) >= 11 is 0. The maximum atomic E-state index is 12.1. The Morgan fingerprint density at radius 2 is 1.94 bits per heavy atom. The van der Waals surface area contributed by atoms with Gasteiger partial charge in [0.2, 0.25) is 0 Å². The molecule has 0 aromatic heterocycles. The SMILES string of the molecule is CN(C)CCCN1C(=O)c2cccc(N)c2C1=O. The summed E-state index contributed by atoms with van der Waals surface area (Å²) in [5.74, 6) is -0.507. The predicted octanol–water partition coefficient (Wildman–Crippen LogP) is 0.816. The first kappa shape index (κ1) is 12.6. The van der Waals surface area contributed by atoms with Crippen LogP contribution in [0.25, 0.3) is 0 Å². The fraction of sp³-hybridized carbons (Fsp3) is 0.385. The number of imide groups is 1. The van der Waals surface area contributed by atoms with Gasteiger partial charge in [-0.05, 0) is 39.2 Å². The zero-order valence-corrected chi connectivity index (χ0v) is 10.6. The van der Waals surface area contributed by atoms with Crippen LogP contribution in [0.3, 0.4) is 0 Å². The Labute approximate surface area is 106 Å². The predicted molar refractivity (Wildman–Crippen MR) is 69.4 cm³/mol. The first-order chi connectivity index (χ1) is 8.52. The summed E-state index contributed by atoms with van der Waals surface area (Å²) in [6.07, 6.45) is 0.762. The van der Waals surface area contributed by atoms with Crippen LogP contribution in [0.15, 0.2) is 18.2 Å². The third kappa shape index (κ3) is 2.09. The van der Waals surface area contributed by atoms with E-state index in [-0.39, 0.29) is 11.8 Å². The van der Waals surface area contributed by atoms with Crippen LogP contribution < -0.4 is 5.73 Å². The third-order valence-corrected chi connectivity index (χ3v) is 3.02. The molecule has 1 aliphatic heterocycles. The van der Waals surface area contributed by atoms with Crippen molar-refractivity contribution in [2.75, 3.05) is 32.9 Å². The van der Waals surface area contributed by atoms with Gasteiger partial charge in [-0.25, -0.2) is 0 Å². The van der Waals surface area contributed by atoms with Crippen LogP contribution in [-0.4, -0.2) is 48.8 Å². The second-order valence-corrected chi connectivity index (χ2v) is 4.69. The summed E-state index contributed by atoms with van der Waals surface area (Å²) in [6.45, 7) is 1.27. The van der Waals surface area contributed by atoms with Gasteiger partial charge < -0.3 is 10.6 Å². The smallest absolute Gasteiger partial charge is 0.263 e. The molecule has 1 heterocycles. The maximum Gasteiger partial charge on any atom is 0.263 e. The van der Waals surface area contributed by atoms with Gasteiger partial charge in [-0.15, -0.1) is 0 Å². The molecule has 2 amide bonds. The molecule has 0 saturated carbocycles. The van der Waals surface area contributed by atoms with Crippen LogP contribution in [0, 0.1) is 0 Å².